The van der Waals surface area contributed by atoms with Crippen molar-refractivity contribution in [2.45, 2.75) is 13.0 Å². The molecule has 0 spiro atoms. The van der Waals surface area contributed by atoms with Crippen LogP contribution in [-0.4, -0.2) is 5.91 Å². The summed E-state index contributed by atoms with van der Waals surface area (Å²) >= 11 is 15.2. The molecular weight excluding hydrogens is 361 g/mol. The Morgan fingerprint density at radius 2 is 1.80 bits per heavy atom. The first kappa shape index (κ1) is 15.4. The van der Waals surface area contributed by atoms with Crippen molar-refractivity contribution < 1.29 is 4.79 Å². The minimum Gasteiger partial charge on any atom is -0.346 e. The average molecular weight is 373 g/mol. The average Bonchev–Trinajstić information content (AvgIpc) is 2.37. The molecule has 5 heteroatoms. The van der Waals surface area contributed by atoms with E-state index in [-0.39, 0.29) is 11.9 Å². The van der Waals surface area contributed by atoms with Gasteiger partial charge in [-0.1, -0.05) is 51.3 Å². The summed E-state index contributed by atoms with van der Waals surface area (Å²) in [6.45, 7) is 1.92. The van der Waals surface area contributed by atoms with Gasteiger partial charge in [0.15, 0.2) is 0 Å². The summed E-state index contributed by atoms with van der Waals surface area (Å²) in [5, 5.41) is 3.80. The molecule has 2 aromatic rings. The Balaban J connectivity index is 2.15. The third kappa shape index (κ3) is 3.98. The van der Waals surface area contributed by atoms with Crippen molar-refractivity contribution in [3.8, 4) is 0 Å². The van der Waals surface area contributed by atoms with E-state index in [9.17, 15) is 4.79 Å². The lowest BCUT2D eigenvalue weighted by atomic mass is 10.1. The van der Waals surface area contributed by atoms with Crippen molar-refractivity contribution >= 4 is 45.0 Å². The summed E-state index contributed by atoms with van der Waals surface area (Å²) in [5.41, 5.74) is 1.46. The van der Waals surface area contributed by atoms with Crippen LogP contribution in [0.2, 0.25) is 10.0 Å². The summed E-state index contributed by atoms with van der Waals surface area (Å²) in [6, 6.07) is 12.5. The minimum atomic E-state index is -0.207. The molecule has 1 unspecified atom stereocenters. The van der Waals surface area contributed by atoms with E-state index in [1.54, 1.807) is 18.2 Å². The van der Waals surface area contributed by atoms with E-state index >= 15 is 0 Å². The Hall–Kier alpha value is -1.03. The van der Waals surface area contributed by atoms with Gasteiger partial charge in [0, 0.05) is 20.1 Å². The van der Waals surface area contributed by atoms with Crippen LogP contribution in [0.15, 0.2) is 46.9 Å². The van der Waals surface area contributed by atoms with Gasteiger partial charge < -0.3 is 5.32 Å². The minimum absolute atomic E-state index is 0.113. The van der Waals surface area contributed by atoms with Crippen LogP contribution < -0.4 is 5.32 Å². The molecule has 0 heterocycles. The van der Waals surface area contributed by atoms with Gasteiger partial charge in [-0.3, -0.25) is 4.79 Å². The van der Waals surface area contributed by atoms with Gasteiger partial charge in [-0.2, -0.15) is 0 Å². The van der Waals surface area contributed by atoms with E-state index in [2.05, 4.69) is 21.2 Å². The molecule has 1 N–H and O–H groups in total. The fourth-order valence-corrected chi connectivity index (χ4v) is 2.77. The number of carbonyl (C=O) groups is 1. The smallest absolute Gasteiger partial charge is 0.251 e. The van der Waals surface area contributed by atoms with E-state index in [0.29, 0.717) is 15.6 Å². The van der Waals surface area contributed by atoms with Crippen molar-refractivity contribution in [3.63, 3.8) is 0 Å². The Kier molecular flexibility index (Phi) is 5.08. The van der Waals surface area contributed by atoms with Gasteiger partial charge >= 0.3 is 0 Å². The van der Waals surface area contributed by atoms with Crippen LogP contribution in [0.4, 0.5) is 0 Å². The molecule has 0 bridgehead atoms. The Bertz CT molecular complexity index is 625. The van der Waals surface area contributed by atoms with Crippen LogP contribution in [0.25, 0.3) is 0 Å². The van der Waals surface area contributed by atoms with Crippen LogP contribution in [0.1, 0.15) is 28.9 Å². The van der Waals surface area contributed by atoms with E-state index < -0.39 is 0 Å². The fourth-order valence-electron chi connectivity index (χ4n) is 1.82. The predicted octanol–water partition coefficient (Wildman–Crippen LogP) is 5.25. The molecule has 2 aromatic carbocycles. The Morgan fingerprint density at radius 3 is 2.40 bits per heavy atom. The van der Waals surface area contributed by atoms with Crippen LogP contribution in [0.5, 0.6) is 0 Å². The third-order valence-electron chi connectivity index (χ3n) is 2.82. The maximum atomic E-state index is 12.2. The van der Waals surface area contributed by atoms with Crippen molar-refractivity contribution in [2.24, 2.45) is 0 Å². The van der Waals surface area contributed by atoms with Crippen LogP contribution in [0, 0.1) is 0 Å². The molecule has 0 saturated carbocycles. The molecule has 0 fully saturated rings. The highest BCUT2D eigenvalue weighted by Gasteiger charge is 2.12. The van der Waals surface area contributed by atoms with Gasteiger partial charge in [-0.15, -0.1) is 0 Å². The predicted molar refractivity (Wildman–Crippen MR) is 86.5 cm³/mol. The zero-order chi connectivity index (χ0) is 14.7. The highest BCUT2D eigenvalue weighted by Crippen LogP contribution is 2.21. The molecule has 0 aromatic heterocycles. The topological polar surface area (TPSA) is 29.1 Å². The number of benzene rings is 2. The molecular formula is C15H12BrCl2NO. The van der Waals surface area contributed by atoms with Crippen LogP contribution >= 0.6 is 39.1 Å². The summed E-state index contributed by atoms with van der Waals surface area (Å²) in [4.78, 5) is 12.2. The number of halogens is 3. The standard InChI is InChI=1S/C15H12BrCl2NO/c1-9(10-3-2-4-12(16)5-10)19-15(20)11-6-13(17)8-14(18)7-11/h2-9H,1H3,(H,19,20). The van der Waals surface area contributed by atoms with Gasteiger partial charge in [0.05, 0.1) is 6.04 Å². The molecule has 20 heavy (non-hydrogen) atoms. The fraction of sp³-hybridized carbons (Fsp3) is 0.133. The van der Waals surface area contributed by atoms with Crippen LogP contribution in [-0.2, 0) is 0 Å². The largest absolute Gasteiger partial charge is 0.346 e. The first-order chi connectivity index (χ1) is 9.45. The highest BCUT2D eigenvalue weighted by atomic mass is 79.9. The van der Waals surface area contributed by atoms with Crippen molar-refractivity contribution in [1.29, 1.82) is 0 Å². The van der Waals surface area contributed by atoms with E-state index in [1.165, 1.54) is 0 Å². The first-order valence-electron chi connectivity index (χ1n) is 5.98. The second kappa shape index (κ2) is 6.61. The molecule has 0 radical (unpaired) electrons. The number of hydrogen-bond acceptors (Lipinski definition) is 1. The Labute approximate surface area is 136 Å². The number of amides is 1. The Morgan fingerprint density at radius 1 is 1.15 bits per heavy atom. The summed E-state index contributed by atoms with van der Waals surface area (Å²) in [6.07, 6.45) is 0. The van der Waals surface area contributed by atoms with Crippen molar-refractivity contribution in [2.75, 3.05) is 0 Å². The summed E-state index contributed by atoms with van der Waals surface area (Å²) in [5.74, 6) is -0.207. The van der Waals surface area contributed by atoms with E-state index in [0.717, 1.165) is 10.0 Å². The molecule has 0 aliphatic heterocycles. The molecule has 1 atom stereocenters. The lowest BCUT2D eigenvalue weighted by molar-refractivity contribution is 0.0940. The normalized spacial score (nSPS) is 12.0. The van der Waals surface area contributed by atoms with Gasteiger partial charge in [0.2, 0.25) is 0 Å². The third-order valence-corrected chi connectivity index (χ3v) is 3.75. The summed E-state index contributed by atoms with van der Waals surface area (Å²) < 4.78 is 0.974. The van der Waals surface area contributed by atoms with Gasteiger partial charge in [0.1, 0.15) is 0 Å². The number of carbonyl (C=O) groups excluding carboxylic acids is 1. The quantitative estimate of drug-likeness (QED) is 0.783. The van der Waals surface area contributed by atoms with Gasteiger partial charge in [-0.05, 0) is 42.8 Å². The lowest BCUT2D eigenvalue weighted by Gasteiger charge is -2.15. The molecule has 2 nitrogen and oxygen atoms in total. The van der Waals surface area contributed by atoms with Crippen molar-refractivity contribution in [3.05, 3.63) is 68.1 Å². The number of hydrogen-bond donors (Lipinski definition) is 1. The zero-order valence-electron chi connectivity index (χ0n) is 10.7. The zero-order valence-corrected chi connectivity index (χ0v) is 13.8. The lowest BCUT2D eigenvalue weighted by Crippen LogP contribution is -2.26. The van der Waals surface area contributed by atoms with E-state index in [4.69, 9.17) is 23.2 Å². The maximum Gasteiger partial charge on any atom is 0.251 e. The number of nitrogens with one attached hydrogen (secondary N) is 1. The van der Waals surface area contributed by atoms with Crippen LogP contribution in [0.3, 0.4) is 0 Å². The van der Waals surface area contributed by atoms with E-state index in [1.807, 2.05) is 31.2 Å². The maximum absolute atomic E-state index is 12.2. The first-order valence-corrected chi connectivity index (χ1v) is 7.53. The monoisotopic (exact) mass is 371 g/mol. The van der Waals surface area contributed by atoms with Gasteiger partial charge in [0.25, 0.3) is 5.91 Å². The molecule has 0 saturated heterocycles. The second-order valence-electron chi connectivity index (χ2n) is 4.41. The molecule has 1 amide bonds. The second-order valence-corrected chi connectivity index (χ2v) is 6.20. The van der Waals surface area contributed by atoms with Crippen molar-refractivity contribution in [1.82, 2.24) is 5.32 Å². The molecule has 104 valence electrons. The molecule has 0 aliphatic rings. The number of rotatable bonds is 3. The molecule has 0 aliphatic carbocycles. The molecule has 2 rings (SSSR count). The van der Waals surface area contributed by atoms with Gasteiger partial charge in [-0.25, -0.2) is 0 Å². The highest BCUT2D eigenvalue weighted by molar-refractivity contribution is 9.10. The SMILES string of the molecule is CC(NC(=O)c1cc(Cl)cc(Cl)c1)c1cccc(Br)c1. The summed E-state index contributed by atoms with van der Waals surface area (Å²) in [7, 11) is 0.